The van der Waals surface area contributed by atoms with Gasteiger partial charge < -0.3 is 19.7 Å². The molecule has 0 aliphatic carbocycles. The number of thiazole rings is 1. The number of rotatable bonds is 9. The van der Waals surface area contributed by atoms with Gasteiger partial charge in [-0.05, 0) is 20.3 Å². The number of nitrogens with one attached hydrogen (secondary N) is 1. The zero-order chi connectivity index (χ0) is 17.9. The van der Waals surface area contributed by atoms with Crippen LogP contribution in [-0.4, -0.2) is 56.2 Å². The van der Waals surface area contributed by atoms with Gasteiger partial charge in [0.15, 0.2) is 5.96 Å². The number of aromatic nitrogens is 1. The van der Waals surface area contributed by atoms with Gasteiger partial charge in [0.2, 0.25) is 0 Å². The topological polar surface area (TPSA) is 76.0 Å². The lowest BCUT2D eigenvalue weighted by Crippen LogP contribution is -2.39. The number of halogens is 1. The molecule has 1 unspecified atom stereocenters. The quantitative estimate of drug-likeness (QED) is 0.191. The van der Waals surface area contributed by atoms with E-state index in [1.807, 2.05) is 31.2 Å². The number of carbonyl (C=O) groups excluding carboxylic acids is 1. The lowest BCUT2D eigenvalue weighted by Gasteiger charge is -2.21. The molecule has 0 aliphatic rings. The molecule has 1 atom stereocenters. The Bertz CT molecular complexity index is 539. The van der Waals surface area contributed by atoms with Crippen molar-refractivity contribution in [2.45, 2.75) is 39.3 Å². The summed E-state index contributed by atoms with van der Waals surface area (Å²) >= 11 is 1.60. The predicted octanol–water partition coefficient (Wildman–Crippen LogP) is 2.82. The molecule has 0 spiro atoms. The largest absolute Gasteiger partial charge is 0.466 e. The van der Waals surface area contributed by atoms with E-state index in [1.165, 1.54) is 0 Å². The maximum atomic E-state index is 11.3. The molecule has 0 aromatic carbocycles. The SMILES string of the molecule is CCOC(=O)CCCNC(=NC)N(C)Cc1csc(C(C)OC)n1.I. The zero-order valence-corrected chi connectivity index (χ0v) is 18.7. The van der Waals surface area contributed by atoms with Crippen LogP contribution in [0.5, 0.6) is 0 Å². The van der Waals surface area contributed by atoms with Crippen molar-refractivity contribution in [3.63, 3.8) is 0 Å². The molecule has 0 saturated carbocycles. The first-order valence-corrected chi connectivity index (χ1v) is 8.94. The molecule has 0 fully saturated rings. The molecule has 7 nitrogen and oxygen atoms in total. The number of guanidine groups is 1. The number of esters is 1. The Morgan fingerprint density at radius 1 is 1.52 bits per heavy atom. The Morgan fingerprint density at radius 2 is 2.24 bits per heavy atom. The van der Waals surface area contributed by atoms with Crippen LogP contribution in [0.15, 0.2) is 10.4 Å². The molecule has 9 heteroatoms. The molecular formula is C16H29IN4O3S. The van der Waals surface area contributed by atoms with Gasteiger partial charge in [-0.25, -0.2) is 4.98 Å². The van der Waals surface area contributed by atoms with Crippen LogP contribution in [-0.2, 0) is 20.8 Å². The van der Waals surface area contributed by atoms with Crippen LogP contribution < -0.4 is 5.32 Å². The van der Waals surface area contributed by atoms with Crippen molar-refractivity contribution < 1.29 is 14.3 Å². The van der Waals surface area contributed by atoms with Gasteiger partial charge in [-0.15, -0.1) is 35.3 Å². The van der Waals surface area contributed by atoms with E-state index in [0.29, 0.717) is 32.5 Å². The summed E-state index contributed by atoms with van der Waals surface area (Å²) in [4.78, 5) is 22.2. The van der Waals surface area contributed by atoms with E-state index in [4.69, 9.17) is 9.47 Å². The van der Waals surface area contributed by atoms with Crippen LogP contribution in [0.4, 0.5) is 0 Å². The smallest absolute Gasteiger partial charge is 0.305 e. The number of hydrogen-bond donors (Lipinski definition) is 1. The average Bonchev–Trinajstić information content (AvgIpc) is 3.02. The average molecular weight is 484 g/mol. The summed E-state index contributed by atoms with van der Waals surface area (Å²) in [6.07, 6.45) is 1.12. The molecule has 0 amide bonds. The van der Waals surface area contributed by atoms with Gasteiger partial charge in [0.1, 0.15) is 11.1 Å². The number of ether oxygens (including phenoxy) is 2. The molecule has 0 bridgehead atoms. The monoisotopic (exact) mass is 484 g/mol. The second-order valence-corrected chi connectivity index (χ2v) is 6.18. The van der Waals surface area contributed by atoms with E-state index in [9.17, 15) is 4.79 Å². The number of carbonyl (C=O) groups is 1. The van der Waals surface area contributed by atoms with Crippen LogP contribution in [0.2, 0.25) is 0 Å². The maximum absolute atomic E-state index is 11.3. The first-order valence-electron chi connectivity index (χ1n) is 8.06. The van der Waals surface area contributed by atoms with Gasteiger partial charge >= 0.3 is 5.97 Å². The molecule has 0 aliphatic heterocycles. The standard InChI is InChI=1S/C16H28N4O3S.HI/c1-6-23-14(21)8-7-9-18-16(17-3)20(4)10-13-11-24-15(19-13)12(2)22-5;/h11-12H,6-10H2,1-5H3,(H,17,18);1H. The first kappa shape index (κ1) is 24.1. The van der Waals surface area contributed by atoms with Crippen molar-refractivity contribution in [1.82, 2.24) is 15.2 Å². The van der Waals surface area contributed by atoms with Crippen molar-refractivity contribution in [2.24, 2.45) is 4.99 Å². The minimum atomic E-state index is -0.162. The van der Waals surface area contributed by atoms with E-state index in [2.05, 4.69) is 15.3 Å². The molecule has 144 valence electrons. The highest BCUT2D eigenvalue weighted by Gasteiger charge is 2.12. The van der Waals surface area contributed by atoms with E-state index in [0.717, 1.165) is 16.7 Å². The van der Waals surface area contributed by atoms with Gasteiger partial charge in [0.05, 0.1) is 18.8 Å². The van der Waals surface area contributed by atoms with Crippen LogP contribution in [0.25, 0.3) is 0 Å². The highest BCUT2D eigenvalue weighted by atomic mass is 127. The summed E-state index contributed by atoms with van der Waals surface area (Å²) in [7, 11) is 5.38. The van der Waals surface area contributed by atoms with E-state index in [1.54, 1.807) is 25.5 Å². The van der Waals surface area contributed by atoms with Crippen molar-refractivity contribution in [2.75, 3.05) is 34.4 Å². The summed E-state index contributed by atoms with van der Waals surface area (Å²) in [6.45, 7) is 5.54. The normalized spacial score (nSPS) is 12.3. The van der Waals surface area contributed by atoms with Crippen LogP contribution >= 0.6 is 35.3 Å². The van der Waals surface area contributed by atoms with Crippen molar-refractivity contribution in [3.8, 4) is 0 Å². The molecule has 1 heterocycles. The molecule has 0 radical (unpaired) electrons. The second-order valence-electron chi connectivity index (χ2n) is 5.29. The Kier molecular flexibility index (Phi) is 12.8. The number of aliphatic imine (C=N–C) groups is 1. The van der Waals surface area contributed by atoms with Gasteiger partial charge in [0.25, 0.3) is 0 Å². The Morgan fingerprint density at radius 3 is 2.84 bits per heavy atom. The predicted molar refractivity (Wildman–Crippen MR) is 112 cm³/mol. The molecule has 1 aromatic rings. The second kappa shape index (κ2) is 13.3. The highest BCUT2D eigenvalue weighted by molar-refractivity contribution is 14.0. The fourth-order valence-electron chi connectivity index (χ4n) is 2.05. The summed E-state index contributed by atoms with van der Waals surface area (Å²) < 4.78 is 10.2. The van der Waals surface area contributed by atoms with Crippen molar-refractivity contribution >= 4 is 47.2 Å². The maximum Gasteiger partial charge on any atom is 0.305 e. The fraction of sp³-hybridized carbons (Fsp3) is 0.688. The van der Waals surface area contributed by atoms with Gasteiger partial charge in [-0.1, -0.05) is 0 Å². The Balaban J connectivity index is 0.00000576. The van der Waals surface area contributed by atoms with E-state index >= 15 is 0 Å². The van der Waals surface area contributed by atoms with Gasteiger partial charge in [-0.3, -0.25) is 9.79 Å². The summed E-state index contributed by atoms with van der Waals surface area (Å²) in [5, 5.41) is 6.25. The third-order valence-corrected chi connectivity index (χ3v) is 4.44. The number of methoxy groups -OCH3 is 1. The third-order valence-electron chi connectivity index (χ3n) is 3.39. The summed E-state index contributed by atoms with van der Waals surface area (Å²) in [6, 6.07) is 0. The summed E-state index contributed by atoms with van der Waals surface area (Å²) in [5.41, 5.74) is 0.982. The van der Waals surface area contributed by atoms with Crippen molar-refractivity contribution in [1.29, 1.82) is 0 Å². The Labute approximate surface area is 171 Å². The van der Waals surface area contributed by atoms with Crippen LogP contribution in [0, 0.1) is 0 Å². The fourth-order valence-corrected chi connectivity index (χ4v) is 2.89. The molecule has 1 aromatic heterocycles. The highest BCUT2D eigenvalue weighted by Crippen LogP contribution is 2.20. The lowest BCUT2D eigenvalue weighted by atomic mass is 10.3. The molecule has 1 N–H and O–H groups in total. The van der Waals surface area contributed by atoms with Crippen LogP contribution in [0.1, 0.15) is 43.5 Å². The van der Waals surface area contributed by atoms with E-state index < -0.39 is 0 Å². The van der Waals surface area contributed by atoms with Crippen molar-refractivity contribution in [3.05, 3.63) is 16.1 Å². The Hall–Kier alpha value is -0.940. The molecule has 25 heavy (non-hydrogen) atoms. The molecule has 0 saturated heterocycles. The first-order chi connectivity index (χ1) is 11.5. The minimum Gasteiger partial charge on any atom is -0.466 e. The minimum absolute atomic E-state index is 0. The van der Waals surface area contributed by atoms with E-state index in [-0.39, 0.29) is 36.0 Å². The molecular weight excluding hydrogens is 455 g/mol. The number of hydrogen-bond acceptors (Lipinski definition) is 6. The molecule has 1 rings (SSSR count). The lowest BCUT2D eigenvalue weighted by molar-refractivity contribution is -0.143. The number of nitrogens with zero attached hydrogens (tertiary/aromatic N) is 3. The third kappa shape index (κ3) is 8.82. The van der Waals surface area contributed by atoms with Gasteiger partial charge in [-0.2, -0.15) is 0 Å². The van der Waals surface area contributed by atoms with Gasteiger partial charge in [0, 0.05) is 39.6 Å². The van der Waals surface area contributed by atoms with Crippen LogP contribution in [0.3, 0.4) is 0 Å². The summed E-state index contributed by atoms with van der Waals surface area (Å²) in [5.74, 6) is 0.609. The zero-order valence-electron chi connectivity index (χ0n) is 15.6.